The van der Waals surface area contributed by atoms with Crippen LogP contribution in [-0.4, -0.2) is 49.4 Å². The Morgan fingerprint density at radius 1 is 0.932 bits per heavy atom. The number of primary amides is 1. The molecule has 4 aliphatic rings. The first-order valence-electron chi connectivity index (χ1n) is 13.0. The van der Waals surface area contributed by atoms with Crippen molar-refractivity contribution in [3.63, 3.8) is 0 Å². The SMILES string of the molecule is Cc1cccc(C2C3=CCC4C(=O)N(C(N)=O)C(=O)C4C3CC3(Cl)C(=O)N(c4c(F)c(F)c(F)c(F)c4F)C(=O)C23Cl)c1O. The molecule has 0 bridgehead atoms. The van der Waals surface area contributed by atoms with Gasteiger partial charge in [0.1, 0.15) is 11.4 Å². The number of allylic oxidation sites excluding steroid dienone is 2. The average Bonchev–Trinajstić information content (AvgIpc) is 3.31. The smallest absolute Gasteiger partial charge is 0.328 e. The van der Waals surface area contributed by atoms with Gasteiger partial charge in [0.15, 0.2) is 33.0 Å². The predicted octanol–water partition coefficient (Wildman–Crippen LogP) is 4.04. The largest absolute Gasteiger partial charge is 0.507 e. The van der Waals surface area contributed by atoms with Crippen LogP contribution in [0.3, 0.4) is 0 Å². The number of hydrogen-bond donors (Lipinski definition) is 2. The lowest BCUT2D eigenvalue weighted by Gasteiger charge is -2.50. The Labute approximate surface area is 254 Å². The molecule has 44 heavy (non-hydrogen) atoms. The van der Waals surface area contributed by atoms with Crippen LogP contribution in [0.2, 0.25) is 0 Å². The van der Waals surface area contributed by atoms with E-state index in [-0.39, 0.29) is 32.9 Å². The molecule has 1 saturated carbocycles. The number of nitrogens with zero attached hydrogens (tertiary/aromatic N) is 2. The maximum atomic E-state index is 15.0. The summed E-state index contributed by atoms with van der Waals surface area (Å²) in [5, 5.41) is 11.1. The Balaban J connectivity index is 1.62. The number of amides is 6. The Kier molecular flexibility index (Phi) is 6.46. The summed E-state index contributed by atoms with van der Waals surface area (Å²) in [6.45, 7) is 1.48. The van der Waals surface area contributed by atoms with Gasteiger partial charge in [-0.1, -0.05) is 29.8 Å². The highest BCUT2D eigenvalue weighted by Crippen LogP contribution is 2.66. The molecule has 230 valence electrons. The van der Waals surface area contributed by atoms with Gasteiger partial charge in [0.2, 0.25) is 17.6 Å². The van der Waals surface area contributed by atoms with E-state index in [2.05, 4.69) is 0 Å². The van der Waals surface area contributed by atoms with Crippen LogP contribution >= 0.6 is 23.2 Å². The Morgan fingerprint density at radius 2 is 1.52 bits per heavy atom. The molecule has 16 heteroatoms. The molecule has 6 atom stereocenters. The van der Waals surface area contributed by atoms with Gasteiger partial charge in [0.25, 0.3) is 11.8 Å². The molecule has 6 unspecified atom stereocenters. The van der Waals surface area contributed by atoms with E-state index in [0.717, 1.165) is 0 Å². The minimum atomic E-state index is -2.78. The fraction of sp³-hybridized carbons (Fsp3) is 0.321. The second kappa shape index (κ2) is 9.48. The van der Waals surface area contributed by atoms with E-state index in [1.165, 1.54) is 31.2 Å². The number of nitrogens with two attached hydrogens (primary N) is 1. The van der Waals surface area contributed by atoms with Gasteiger partial charge in [0.05, 0.1) is 11.8 Å². The number of hydrogen-bond acceptors (Lipinski definition) is 6. The minimum Gasteiger partial charge on any atom is -0.507 e. The Hall–Kier alpha value is -4.04. The van der Waals surface area contributed by atoms with Crippen molar-refractivity contribution < 1.29 is 51.0 Å². The zero-order chi connectivity index (χ0) is 32.4. The molecule has 2 aromatic rings. The second-order valence-corrected chi connectivity index (χ2v) is 12.3. The standard InChI is InChI=1S/C28H18Cl2F5N3O6/c1-8-3-2-4-11(21(8)39)14-9-5-6-10-13(23(41)38(22(10)40)26(36)44)12(9)7-27(29)24(42)37(25(43)28(14,27)30)20-18(34)16(32)15(31)17(33)19(20)35/h2-5,10,12-14,39H,6-7H2,1H3,(H2,36,44). The molecular formula is C28H18Cl2F5N3O6. The number of imide groups is 4. The van der Waals surface area contributed by atoms with Crippen LogP contribution in [0.4, 0.5) is 32.4 Å². The monoisotopic (exact) mass is 657 g/mol. The summed E-state index contributed by atoms with van der Waals surface area (Å²) in [6, 6.07) is 2.86. The van der Waals surface area contributed by atoms with Gasteiger partial charge in [-0.2, -0.15) is 4.90 Å². The third-order valence-electron chi connectivity index (χ3n) is 9.02. The third kappa shape index (κ3) is 3.43. The molecule has 0 spiro atoms. The molecule has 2 heterocycles. The Bertz CT molecular complexity index is 1780. The molecule has 0 radical (unpaired) electrons. The molecule has 6 amide bonds. The molecular weight excluding hydrogens is 640 g/mol. The maximum Gasteiger partial charge on any atom is 0.328 e. The van der Waals surface area contributed by atoms with Gasteiger partial charge in [-0.3, -0.25) is 19.2 Å². The van der Waals surface area contributed by atoms with Gasteiger partial charge in [-0.05, 0) is 31.2 Å². The van der Waals surface area contributed by atoms with Crippen molar-refractivity contribution in [2.75, 3.05) is 4.90 Å². The highest BCUT2D eigenvalue weighted by atomic mass is 35.5. The fourth-order valence-corrected chi connectivity index (χ4v) is 7.97. The van der Waals surface area contributed by atoms with Crippen molar-refractivity contribution in [1.82, 2.24) is 4.90 Å². The van der Waals surface area contributed by atoms with Crippen LogP contribution in [0, 0.1) is 53.8 Å². The second-order valence-electron chi connectivity index (χ2n) is 11.1. The fourth-order valence-electron chi connectivity index (χ4n) is 7.04. The number of phenolic OH excluding ortho intramolecular Hbond substituents is 1. The molecule has 0 aromatic heterocycles. The topological polar surface area (TPSA) is 138 Å². The summed E-state index contributed by atoms with van der Waals surface area (Å²) in [6.07, 6.45) is 0.489. The van der Waals surface area contributed by atoms with Crippen molar-refractivity contribution in [2.45, 2.75) is 35.4 Å². The van der Waals surface area contributed by atoms with E-state index in [4.69, 9.17) is 28.9 Å². The summed E-state index contributed by atoms with van der Waals surface area (Å²) in [5.74, 6) is -23.6. The number of alkyl halides is 2. The van der Waals surface area contributed by atoms with Gasteiger partial charge < -0.3 is 10.8 Å². The zero-order valence-electron chi connectivity index (χ0n) is 22.1. The summed E-state index contributed by atoms with van der Waals surface area (Å²) in [5.41, 5.74) is 3.59. The van der Waals surface area contributed by atoms with Crippen molar-refractivity contribution in [1.29, 1.82) is 0 Å². The van der Waals surface area contributed by atoms with E-state index in [0.29, 0.717) is 0 Å². The van der Waals surface area contributed by atoms with Crippen LogP contribution in [0.5, 0.6) is 5.75 Å². The third-order valence-corrected chi connectivity index (χ3v) is 10.4. The first kappa shape index (κ1) is 30.0. The van der Waals surface area contributed by atoms with Crippen molar-refractivity contribution >= 4 is 58.5 Å². The number of rotatable bonds is 2. The quantitative estimate of drug-likeness (QED) is 0.125. The average molecular weight is 658 g/mol. The number of aryl methyl sites for hydroxylation is 1. The summed E-state index contributed by atoms with van der Waals surface area (Å²) < 4.78 is 72.4. The number of urea groups is 1. The number of carbonyl (C=O) groups excluding carboxylic acids is 5. The van der Waals surface area contributed by atoms with E-state index in [9.17, 15) is 42.3 Å². The van der Waals surface area contributed by atoms with Gasteiger partial charge in [-0.15, -0.1) is 23.2 Å². The van der Waals surface area contributed by atoms with Crippen molar-refractivity contribution in [3.8, 4) is 5.75 Å². The molecule has 9 nitrogen and oxygen atoms in total. The van der Waals surface area contributed by atoms with E-state index in [1.54, 1.807) is 0 Å². The predicted molar refractivity (Wildman–Crippen MR) is 141 cm³/mol. The van der Waals surface area contributed by atoms with Crippen LogP contribution < -0.4 is 10.6 Å². The normalized spacial score (nSPS) is 31.2. The first-order valence-corrected chi connectivity index (χ1v) is 13.7. The first-order chi connectivity index (χ1) is 20.5. The van der Waals surface area contributed by atoms with Crippen LogP contribution in [-0.2, 0) is 19.2 Å². The van der Waals surface area contributed by atoms with Crippen LogP contribution in [0.1, 0.15) is 29.9 Å². The van der Waals surface area contributed by atoms with E-state index >= 15 is 8.78 Å². The lowest BCUT2D eigenvalue weighted by molar-refractivity contribution is -0.136. The number of likely N-dealkylation sites (tertiary alicyclic amines) is 1. The Morgan fingerprint density at radius 3 is 2.11 bits per heavy atom. The highest BCUT2D eigenvalue weighted by Gasteiger charge is 2.77. The van der Waals surface area contributed by atoms with Gasteiger partial charge in [0, 0.05) is 11.5 Å². The van der Waals surface area contributed by atoms with Gasteiger partial charge >= 0.3 is 6.03 Å². The summed E-state index contributed by atoms with van der Waals surface area (Å²) in [7, 11) is 0. The molecule has 6 rings (SSSR count). The highest BCUT2D eigenvalue weighted by molar-refractivity contribution is 6.58. The number of para-hydroxylation sites is 1. The lowest BCUT2D eigenvalue weighted by Crippen LogP contribution is -2.60. The van der Waals surface area contributed by atoms with Crippen molar-refractivity contribution in [3.05, 3.63) is 70.1 Å². The van der Waals surface area contributed by atoms with E-state index in [1.807, 2.05) is 0 Å². The number of carbonyl (C=O) groups is 5. The van der Waals surface area contributed by atoms with Crippen LogP contribution in [0.15, 0.2) is 29.8 Å². The maximum absolute atomic E-state index is 15.0. The minimum absolute atomic E-state index is 0.117. The molecule has 3 N–H and O–H groups in total. The number of benzene rings is 2. The summed E-state index contributed by atoms with van der Waals surface area (Å²) >= 11 is 13.9. The number of fused-ring (bicyclic) bond motifs is 4. The van der Waals surface area contributed by atoms with Crippen LogP contribution in [0.25, 0.3) is 0 Å². The number of anilines is 1. The van der Waals surface area contributed by atoms with E-state index < -0.39 is 110 Å². The van der Waals surface area contributed by atoms with Gasteiger partial charge in [-0.25, -0.2) is 31.6 Å². The molecule has 2 saturated heterocycles. The molecule has 2 aliphatic heterocycles. The lowest BCUT2D eigenvalue weighted by atomic mass is 9.56. The number of phenols is 1. The number of halogens is 7. The molecule has 2 aromatic carbocycles. The summed E-state index contributed by atoms with van der Waals surface area (Å²) in [4.78, 5) is 60.9. The molecule has 3 fully saturated rings. The zero-order valence-corrected chi connectivity index (χ0v) is 23.7. The van der Waals surface area contributed by atoms with Crippen molar-refractivity contribution in [2.24, 2.45) is 23.5 Å². The number of aromatic hydroxyl groups is 1. The molecule has 2 aliphatic carbocycles.